The lowest BCUT2D eigenvalue weighted by atomic mass is 10.1. The lowest BCUT2D eigenvalue weighted by Gasteiger charge is -2.30. The smallest absolute Gasteiger partial charge is 0.378 e. The predicted molar refractivity (Wildman–Crippen MR) is 92.6 cm³/mol. The molecule has 1 aliphatic rings. The van der Waals surface area contributed by atoms with Crippen molar-refractivity contribution in [2.75, 3.05) is 26.3 Å². The molecule has 1 amide bonds. The summed E-state index contributed by atoms with van der Waals surface area (Å²) in [5.74, 6) is -0.417. The maximum atomic E-state index is 13.4. The molecular weight excluding hydrogens is 363 g/mol. The number of fused-ring (bicyclic) bond motifs is 1. The molecule has 2 heterocycles. The summed E-state index contributed by atoms with van der Waals surface area (Å²) in [5, 5.41) is 0. The summed E-state index contributed by atoms with van der Waals surface area (Å²) in [7, 11) is 0. The molecule has 6 nitrogen and oxygen atoms in total. The van der Waals surface area contributed by atoms with E-state index >= 15 is 0 Å². The van der Waals surface area contributed by atoms with E-state index in [4.69, 9.17) is 4.74 Å². The van der Waals surface area contributed by atoms with Crippen molar-refractivity contribution < 1.29 is 22.7 Å². The fraction of sp³-hybridized carbons (Fsp3) is 0.500. The molecule has 146 valence electrons. The van der Waals surface area contributed by atoms with Gasteiger partial charge in [-0.05, 0) is 44.0 Å². The number of morpholine rings is 1. The third kappa shape index (κ3) is 3.55. The van der Waals surface area contributed by atoms with E-state index in [1.807, 2.05) is 0 Å². The molecule has 0 N–H and O–H groups in total. The van der Waals surface area contributed by atoms with Crippen LogP contribution in [0.4, 0.5) is 13.2 Å². The zero-order chi connectivity index (χ0) is 19.9. The normalized spacial score (nSPS) is 16.6. The average Bonchev–Trinajstić information content (AvgIpc) is 2.61. The summed E-state index contributed by atoms with van der Waals surface area (Å²) in [6.45, 7) is 6.37. The molecule has 9 heteroatoms. The van der Waals surface area contributed by atoms with Crippen molar-refractivity contribution in [3.05, 3.63) is 39.3 Å². The highest BCUT2D eigenvalue weighted by atomic mass is 19.4. The Balaban J connectivity index is 2.22. The SMILES string of the molecule is Cc1cc2nc(C(F)(F)F)c(=O)n([C@H](C)C(=O)N3CCOCC3)c2cc1C. The van der Waals surface area contributed by atoms with Crippen molar-refractivity contribution in [1.82, 2.24) is 14.5 Å². The Kier molecular flexibility index (Phi) is 4.98. The highest BCUT2D eigenvalue weighted by Crippen LogP contribution is 2.28. The predicted octanol–water partition coefficient (Wildman–Crippen LogP) is 2.45. The largest absolute Gasteiger partial charge is 0.438 e. The number of rotatable bonds is 2. The van der Waals surface area contributed by atoms with Crippen molar-refractivity contribution in [3.63, 3.8) is 0 Å². The van der Waals surface area contributed by atoms with Gasteiger partial charge in [-0.25, -0.2) is 4.98 Å². The molecule has 3 rings (SSSR count). The van der Waals surface area contributed by atoms with E-state index in [-0.39, 0.29) is 11.0 Å². The quantitative estimate of drug-likeness (QED) is 0.799. The lowest BCUT2D eigenvalue weighted by molar-refractivity contribution is -0.143. The summed E-state index contributed by atoms with van der Waals surface area (Å²) in [6, 6.07) is 2.01. The van der Waals surface area contributed by atoms with Crippen molar-refractivity contribution in [2.45, 2.75) is 33.0 Å². The molecule has 1 aromatic heterocycles. The second-order valence-electron chi connectivity index (χ2n) is 6.67. The number of aromatic nitrogens is 2. The Labute approximate surface area is 153 Å². The first-order chi connectivity index (χ1) is 12.6. The first-order valence-electron chi connectivity index (χ1n) is 8.58. The molecule has 2 aromatic rings. The number of hydrogen-bond donors (Lipinski definition) is 0. The summed E-state index contributed by atoms with van der Waals surface area (Å²) >= 11 is 0. The van der Waals surface area contributed by atoms with Gasteiger partial charge in [0.15, 0.2) is 0 Å². The van der Waals surface area contributed by atoms with Crippen LogP contribution in [0.2, 0.25) is 0 Å². The number of carbonyl (C=O) groups excluding carboxylic acids is 1. The fourth-order valence-electron chi connectivity index (χ4n) is 3.19. The zero-order valence-electron chi connectivity index (χ0n) is 15.3. The summed E-state index contributed by atoms with van der Waals surface area (Å²) in [6.07, 6.45) is -4.91. The first-order valence-corrected chi connectivity index (χ1v) is 8.58. The Morgan fingerprint density at radius 3 is 2.37 bits per heavy atom. The van der Waals surface area contributed by atoms with Gasteiger partial charge < -0.3 is 9.64 Å². The molecular formula is C18H20F3N3O3. The molecule has 27 heavy (non-hydrogen) atoms. The number of amides is 1. The van der Waals surface area contributed by atoms with E-state index in [0.29, 0.717) is 26.3 Å². The van der Waals surface area contributed by atoms with Crippen LogP contribution in [0.5, 0.6) is 0 Å². The summed E-state index contributed by atoms with van der Waals surface area (Å²) < 4.78 is 46.2. The molecule has 1 aromatic carbocycles. The van der Waals surface area contributed by atoms with Gasteiger partial charge in [-0.3, -0.25) is 14.2 Å². The van der Waals surface area contributed by atoms with Crippen LogP contribution in [0.3, 0.4) is 0 Å². The first kappa shape index (κ1) is 19.3. The van der Waals surface area contributed by atoms with E-state index in [1.165, 1.54) is 17.9 Å². The fourth-order valence-corrected chi connectivity index (χ4v) is 3.19. The Hall–Kier alpha value is -2.42. The second-order valence-corrected chi connectivity index (χ2v) is 6.67. The van der Waals surface area contributed by atoms with E-state index in [9.17, 15) is 22.8 Å². The number of ether oxygens (including phenoxy) is 1. The third-order valence-electron chi connectivity index (χ3n) is 4.84. The number of carbonyl (C=O) groups is 1. The molecule has 0 aliphatic carbocycles. The number of nitrogens with zero attached hydrogens (tertiary/aromatic N) is 3. The number of hydrogen-bond acceptors (Lipinski definition) is 4. The van der Waals surface area contributed by atoms with Crippen LogP contribution >= 0.6 is 0 Å². The molecule has 0 spiro atoms. The van der Waals surface area contributed by atoms with Crippen LogP contribution in [-0.4, -0.2) is 46.7 Å². The maximum absolute atomic E-state index is 13.4. The number of benzene rings is 1. The Morgan fingerprint density at radius 2 is 1.78 bits per heavy atom. The van der Waals surface area contributed by atoms with Crippen LogP contribution in [-0.2, 0) is 15.7 Å². The van der Waals surface area contributed by atoms with Crippen LogP contribution < -0.4 is 5.56 Å². The van der Waals surface area contributed by atoms with Gasteiger partial charge >= 0.3 is 6.18 Å². The molecule has 0 bridgehead atoms. The Bertz CT molecular complexity index is 947. The molecule has 1 fully saturated rings. The summed E-state index contributed by atoms with van der Waals surface area (Å²) in [4.78, 5) is 30.5. The Morgan fingerprint density at radius 1 is 1.19 bits per heavy atom. The van der Waals surface area contributed by atoms with Gasteiger partial charge in [0.1, 0.15) is 6.04 Å². The monoisotopic (exact) mass is 383 g/mol. The van der Waals surface area contributed by atoms with Crippen molar-refractivity contribution in [2.24, 2.45) is 0 Å². The molecule has 0 radical (unpaired) electrons. The molecule has 1 aliphatic heterocycles. The van der Waals surface area contributed by atoms with Crippen molar-refractivity contribution >= 4 is 16.9 Å². The number of alkyl halides is 3. The minimum Gasteiger partial charge on any atom is -0.378 e. The standard InChI is InChI=1S/C18H20F3N3O3/c1-10-8-13-14(9-11(10)2)24(17(26)15(22-13)18(19,20)21)12(3)16(25)23-4-6-27-7-5-23/h8-9,12H,4-7H2,1-3H3/t12-/m1/s1. The molecule has 0 unspecified atom stereocenters. The van der Waals surface area contributed by atoms with E-state index < -0.39 is 29.4 Å². The zero-order valence-corrected chi connectivity index (χ0v) is 15.3. The number of halogens is 3. The average molecular weight is 383 g/mol. The van der Waals surface area contributed by atoms with Crippen LogP contribution in [0, 0.1) is 13.8 Å². The minimum atomic E-state index is -4.91. The summed E-state index contributed by atoms with van der Waals surface area (Å²) in [5.41, 5.74) is -1.03. The van der Waals surface area contributed by atoms with Crippen molar-refractivity contribution in [3.8, 4) is 0 Å². The van der Waals surface area contributed by atoms with E-state index in [0.717, 1.165) is 15.7 Å². The maximum Gasteiger partial charge on any atom is 0.438 e. The third-order valence-corrected chi connectivity index (χ3v) is 4.84. The van der Waals surface area contributed by atoms with Crippen LogP contribution in [0.25, 0.3) is 11.0 Å². The van der Waals surface area contributed by atoms with Crippen molar-refractivity contribution in [1.29, 1.82) is 0 Å². The van der Waals surface area contributed by atoms with Gasteiger partial charge in [-0.15, -0.1) is 0 Å². The topological polar surface area (TPSA) is 64.4 Å². The van der Waals surface area contributed by atoms with Gasteiger partial charge in [0, 0.05) is 13.1 Å². The highest BCUT2D eigenvalue weighted by Gasteiger charge is 2.39. The van der Waals surface area contributed by atoms with Crippen LogP contribution in [0.1, 0.15) is 29.8 Å². The molecule has 1 saturated heterocycles. The molecule has 1 atom stereocenters. The van der Waals surface area contributed by atoms with Gasteiger partial charge in [0.2, 0.25) is 11.6 Å². The molecule has 0 saturated carbocycles. The van der Waals surface area contributed by atoms with Gasteiger partial charge in [0.25, 0.3) is 5.56 Å². The lowest BCUT2D eigenvalue weighted by Crippen LogP contribution is -2.46. The second kappa shape index (κ2) is 6.95. The van der Waals surface area contributed by atoms with E-state index in [1.54, 1.807) is 19.9 Å². The van der Waals surface area contributed by atoms with Gasteiger partial charge in [0.05, 0.1) is 24.2 Å². The van der Waals surface area contributed by atoms with E-state index in [2.05, 4.69) is 4.98 Å². The van der Waals surface area contributed by atoms with Crippen LogP contribution in [0.15, 0.2) is 16.9 Å². The number of aryl methyl sites for hydroxylation is 2. The highest BCUT2D eigenvalue weighted by molar-refractivity contribution is 5.84. The van der Waals surface area contributed by atoms with Gasteiger partial charge in [-0.1, -0.05) is 0 Å². The van der Waals surface area contributed by atoms with Gasteiger partial charge in [-0.2, -0.15) is 13.2 Å². The minimum absolute atomic E-state index is 0.0339.